The van der Waals surface area contributed by atoms with Crippen molar-refractivity contribution in [2.24, 2.45) is 0 Å². The monoisotopic (exact) mass is 420 g/mol. The van der Waals surface area contributed by atoms with Crippen LogP contribution in [0, 0.1) is 0 Å². The molecule has 6 heteroatoms. The first-order valence-corrected chi connectivity index (χ1v) is 9.35. The topological polar surface area (TPSA) is 71.1 Å². The van der Waals surface area contributed by atoms with Crippen molar-refractivity contribution < 1.29 is 28.5 Å². The van der Waals surface area contributed by atoms with E-state index in [2.05, 4.69) is 26.3 Å². The lowest BCUT2D eigenvalue weighted by Crippen LogP contribution is -2.02. The van der Waals surface area contributed by atoms with Gasteiger partial charge in [0, 0.05) is 12.2 Å². The van der Waals surface area contributed by atoms with Crippen LogP contribution in [-0.2, 0) is 43.6 Å². The van der Waals surface area contributed by atoms with E-state index in [-0.39, 0.29) is 19.8 Å². The van der Waals surface area contributed by atoms with Crippen molar-refractivity contribution in [3.05, 3.63) is 109 Å². The average Bonchev–Trinajstić information content (AvgIpc) is 2.79. The van der Waals surface area contributed by atoms with Crippen molar-refractivity contribution in [1.82, 2.24) is 0 Å². The third-order valence-corrected chi connectivity index (χ3v) is 3.91. The Morgan fingerprint density at radius 3 is 1.84 bits per heavy atom. The van der Waals surface area contributed by atoms with Crippen LogP contribution in [0.5, 0.6) is 11.5 Å². The molecular weight excluding hydrogens is 396 g/mol. The molecule has 0 aliphatic carbocycles. The normalized spacial score (nSPS) is 9.81. The zero-order valence-corrected chi connectivity index (χ0v) is 17.2. The van der Waals surface area contributed by atoms with Gasteiger partial charge in [0.25, 0.3) is 0 Å². The Balaban J connectivity index is 2.20. The Morgan fingerprint density at radius 2 is 1.26 bits per heavy atom. The van der Waals surface area contributed by atoms with E-state index in [1.807, 2.05) is 12.1 Å². The van der Waals surface area contributed by atoms with Gasteiger partial charge in [0.1, 0.15) is 37.1 Å². The van der Waals surface area contributed by atoms with Crippen LogP contribution in [0.3, 0.4) is 0 Å². The number of hydrogen-bond donors (Lipinski definition) is 0. The first-order valence-electron chi connectivity index (χ1n) is 9.35. The molecule has 0 radical (unpaired) electrons. The Morgan fingerprint density at radius 1 is 0.710 bits per heavy atom. The van der Waals surface area contributed by atoms with Crippen molar-refractivity contribution in [3.8, 4) is 11.5 Å². The van der Waals surface area contributed by atoms with E-state index in [0.29, 0.717) is 22.8 Å². The highest BCUT2D eigenvalue weighted by molar-refractivity contribution is 5.81. The van der Waals surface area contributed by atoms with Gasteiger partial charge < -0.3 is 18.9 Å². The predicted molar refractivity (Wildman–Crippen MR) is 117 cm³/mol. The van der Waals surface area contributed by atoms with E-state index < -0.39 is 11.9 Å². The van der Waals surface area contributed by atoms with E-state index in [1.165, 1.54) is 6.08 Å². The van der Waals surface area contributed by atoms with Crippen LogP contribution in [-0.4, -0.2) is 11.9 Å². The van der Waals surface area contributed by atoms with Crippen molar-refractivity contribution in [2.75, 3.05) is 0 Å². The lowest BCUT2D eigenvalue weighted by Gasteiger charge is -2.13. The molecule has 0 aromatic heterocycles. The van der Waals surface area contributed by atoms with Gasteiger partial charge in [-0.05, 0) is 53.1 Å². The van der Waals surface area contributed by atoms with Crippen LogP contribution in [0.25, 0.3) is 0 Å². The van der Waals surface area contributed by atoms with E-state index in [9.17, 15) is 9.59 Å². The van der Waals surface area contributed by atoms with Gasteiger partial charge in [-0.15, -0.1) is 0 Å². The Bertz CT molecular complexity index is 947. The molecule has 2 rings (SSSR count). The predicted octanol–water partition coefficient (Wildman–Crippen LogP) is 5.15. The molecule has 160 valence electrons. The molecule has 0 saturated carbocycles. The Labute approximate surface area is 181 Å². The van der Waals surface area contributed by atoms with Gasteiger partial charge in [-0.25, -0.2) is 9.59 Å². The highest BCUT2D eigenvalue weighted by Crippen LogP contribution is 2.26. The molecule has 0 spiro atoms. The third kappa shape index (κ3) is 8.06. The SMILES string of the molecule is C=CC(=C)OCc1cc(COC(=O)C=C)cc(Oc2cccc(COC(=O)C=C)c2)c1. The molecule has 0 atom stereocenters. The fraction of sp³-hybridized carbons (Fsp3) is 0.120. The van der Waals surface area contributed by atoms with Gasteiger partial charge in [0.05, 0.1) is 0 Å². The zero-order chi connectivity index (χ0) is 22.6. The molecule has 0 bridgehead atoms. The highest BCUT2D eigenvalue weighted by atomic mass is 16.5. The van der Waals surface area contributed by atoms with Crippen LogP contribution >= 0.6 is 0 Å². The van der Waals surface area contributed by atoms with Crippen molar-refractivity contribution in [2.45, 2.75) is 19.8 Å². The first-order chi connectivity index (χ1) is 14.9. The summed E-state index contributed by atoms with van der Waals surface area (Å²) in [5.74, 6) is 0.488. The highest BCUT2D eigenvalue weighted by Gasteiger charge is 2.08. The van der Waals surface area contributed by atoms with Crippen molar-refractivity contribution in [3.63, 3.8) is 0 Å². The number of esters is 2. The molecule has 2 aromatic rings. The van der Waals surface area contributed by atoms with E-state index in [1.54, 1.807) is 30.3 Å². The second kappa shape index (κ2) is 11.8. The molecule has 0 fully saturated rings. The number of allylic oxidation sites excluding steroid dienone is 1. The van der Waals surface area contributed by atoms with Crippen LogP contribution in [0.15, 0.2) is 92.8 Å². The van der Waals surface area contributed by atoms with Crippen LogP contribution < -0.4 is 4.74 Å². The summed E-state index contributed by atoms with van der Waals surface area (Å²) in [6, 6.07) is 12.5. The summed E-state index contributed by atoms with van der Waals surface area (Å²) >= 11 is 0. The Hall–Kier alpha value is -4.06. The lowest BCUT2D eigenvalue weighted by molar-refractivity contribution is -0.139. The summed E-state index contributed by atoms with van der Waals surface area (Å²) in [6.45, 7) is 14.5. The smallest absolute Gasteiger partial charge is 0.330 e. The number of hydrogen-bond acceptors (Lipinski definition) is 6. The number of carbonyl (C=O) groups excluding carboxylic acids is 2. The summed E-state index contributed by atoms with van der Waals surface area (Å²) < 4.78 is 21.7. The minimum atomic E-state index is -0.522. The molecule has 2 aromatic carbocycles. The second-order valence-corrected chi connectivity index (χ2v) is 6.32. The molecule has 0 saturated heterocycles. The molecule has 0 aliphatic rings. The molecule has 0 aliphatic heterocycles. The number of benzene rings is 2. The molecule has 0 N–H and O–H groups in total. The molecular formula is C25H24O6. The molecule has 0 amide bonds. The quantitative estimate of drug-likeness (QED) is 0.205. The van der Waals surface area contributed by atoms with Gasteiger partial charge >= 0.3 is 11.9 Å². The standard InChI is InChI=1S/C25H24O6/c1-5-18(4)28-16-20-11-21(17-30-25(27)7-3)14-23(13-20)31-22-10-8-9-19(12-22)15-29-24(26)6-2/h5-14H,1-4,15-17H2. The van der Waals surface area contributed by atoms with Gasteiger partial charge in [-0.2, -0.15) is 0 Å². The second-order valence-electron chi connectivity index (χ2n) is 6.32. The molecule has 31 heavy (non-hydrogen) atoms. The minimum absolute atomic E-state index is 0.0506. The molecule has 0 unspecified atom stereocenters. The van der Waals surface area contributed by atoms with Crippen LogP contribution in [0.2, 0.25) is 0 Å². The van der Waals surface area contributed by atoms with Crippen molar-refractivity contribution >= 4 is 11.9 Å². The third-order valence-electron chi connectivity index (χ3n) is 3.91. The molecule has 0 heterocycles. The summed E-state index contributed by atoms with van der Waals surface area (Å²) in [6.07, 6.45) is 3.72. The molecule has 6 nitrogen and oxygen atoms in total. The van der Waals surface area contributed by atoms with E-state index in [0.717, 1.165) is 23.3 Å². The average molecular weight is 420 g/mol. The number of rotatable bonds is 12. The fourth-order valence-electron chi connectivity index (χ4n) is 2.45. The number of carbonyl (C=O) groups is 2. The van der Waals surface area contributed by atoms with Gasteiger partial charge in [0.15, 0.2) is 0 Å². The van der Waals surface area contributed by atoms with Crippen LogP contribution in [0.1, 0.15) is 16.7 Å². The maximum absolute atomic E-state index is 11.4. The summed E-state index contributed by atoms with van der Waals surface area (Å²) in [5, 5.41) is 0. The summed E-state index contributed by atoms with van der Waals surface area (Å²) in [7, 11) is 0. The minimum Gasteiger partial charge on any atom is -0.490 e. The van der Waals surface area contributed by atoms with Gasteiger partial charge in [-0.1, -0.05) is 38.4 Å². The lowest BCUT2D eigenvalue weighted by atomic mass is 10.1. The largest absolute Gasteiger partial charge is 0.490 e. The first kappa shape index (κ1) is 23.2. The summed E-state index contributed by atoms with van der Waals surface area (Å²) in [4.78, 5) is 22.7. The van der Waals surface area contributed by atoms with E-state index >= 15 is 0 Å². The van der Waals surface area contributed by atoms with Crippen LogP contribution in [0.4, 0.5) is 0 Å². The Kier molecular flexibility index (Phi) is 8.86. The maximum atomic E-state index is 11.4. The summed E-state index contributed by atoms with van der Waals surface area (Å²) in [5.41, 5.74) is 2.27. The maximum Gasteiger partial charge on any atom is 0.330 e. The zero-order valence-electron chi connectivity index (χ0n) is 17.2. The van der Waals surface area contributed by atoms with Gasteiger partial charge in [-0.3, -0.25) is 0 Å². The van der Waals surface area contributed by atoms with E-state index in [4.69, 9.17) is 18.9 Å². The number of ether oxygens (including phenoxy) is 4. The fourth-order valence-corrected chi connectivity index (χ4v) is 2.45. The van der Waals surface area contributed by atoms with Crippen molar-refractivity contribution in [1.29, 1.82) is 0 Å². The van der Waals surface area contributed by atoms with Gasteiger partial charge in [0.2, 0.25) is 0 Å².